The first kappa shape index (κ1) is 19.3. The summed E-state index contributed by atoms with van der Waals surface area (Å²) < 4.78 is 32.9. The van der Waals surface area contributed by atoms with Gasteiger partial charge in [0.05, 0.1) is 18.1 Å². The molecule has 0 atom stereocenters. The number of nitrogens with one attached hydrogen (secondary N) is 2. The van der Waals surface area contributed by atoms with E-state index in [4.69, 9.17) is 4.74 Å². The molecular weight excluding hydrogens is 354 g/mol. The molecule has 1 aromatic rings. The van der Waals surface area contributed by atoms with E-state index in [0.29, 0.717) is 31.9 Å². The minimum absolute atomic E-state index is 0.124. The predicted molar refractivity (Wildman–Crippen MR) is 98.6 cm³/mol. The molecule has 0 aromatic heterocycles. The largest absolute Gasteiger partial charge is 0.379 e. The topological polar surface area (TPSA) is 87.7 Å². The zero-order valence-corrected chi connectivity index (χ0v) is 15.8. The summed E-state index contributed by atoms with van der Waals surface area (Å²) in [5, 5.41) is 2.99. The molecule has 1 aliphatic carbocycles. The number of sulfonamides is 1. The maximum atomic E-state index is 12.5. The van der Waals surface area contributed by atoms with Crippen LogP contribution in [0.15, 0.2) is 29.2 Å². The first-order valence-electron chi connectivity index (χ1n) is 9.25. The Morgan fingerprint density at radius 3 is 2.65 bits per heavy atom. The van der Waals surface area contributed by atoms with Gasteiger partial charge in [0.2, 0.25) is 10.0 Å². The Labute approximate surface area is 155 Å². The molecule has 144 valence electrons. The lowest BCUT2D eigenvalue weighted by molar-refractivity contribution is 0.0390. The van der Waals surface area contributed by atoms with Gasteiger partial charge in [-0.1, -0.05) is 18.9 Å². The van der Waals surface area contributed by atoms with E-state index in [9.17, 15) is 13.2 Å². The number of carbonyl (C=O) groups is 1. The highest BCUT2D eigenvalue weighted by atomic mass is 32.2. The van der Waals surface area contributed by atoms with Crippen LogP contribution in [0.2, 0.25) is 0 Å². The second-order valence-corrected chi connectivity index (χ2v) is 8.60. The number of hydrogen-bond acceptors (Lipinski definition) is 5. The third-order valence-corrected chi connectivity index (χ3v) is 6.38. The van der Waals surface area contributed by atoms with Crippen molar-refractivity contribution in [3.05, 3.63) is 29.8 Å². The quantitative estimate of drug-likeness (QED) is 0.735. The van der Waals surface area contributed by atoms with E-state index in [2.05, 4.69) is 14.9 Å². The summed E-state index contributed by atoms with van der Waals surface area (Å²) in [6, 6.07) is 6.43. The lowest BCUT2D eigenvalue weighted by Gasteiger charge is -2.26. The van der Waals surface area contributed by atoms with Crippen molar-refractivity contribution in [1.29, 1.82) is 0 Å². The Hall–Kier alpha value is -1.48. The van der Waals surface area contributed by atoms with Crippen LogP contribution >= 0.6 is 0 Å². The highest BCUT2D eigenvalue weighted by Gasteiger charge is 2.20. The molecule has 1 aliphatic heterocycles. The number of amides is 1. The minimum Gasteiger partial charge on any atom is -0.379 e. The Kier molecular flexibility index (Phi) is 6.63. The summed E-state index contributed by atoms with van der Waals surface area (Å²) in [6.07, 6.45) is 4.25. The summed E-state index contributed by atoms with van der Waals surface area (Å²) in [7, 11) is -3.63. The van der Waals surface area contributed by atoms with Crippen molar-refractivity contribution in [3.63, 3.8) is 0 Å². The molecule has 1 saturated heterocycles. The molecule has 2 aliphatic rings. The third kappa shape index (κ3) is 5.26. The normalized spacial score (nSPS) is 19.5. The lowest BCUT2D eigenvalue weighted by atomic mass is 10.2. The van der Waals surface area contributed by atoms with Gasteiger partial charge >= 0.3 is 0 Å². The molecule has 1 aromatic carbocycles. The monoisotopic (exact) mass is 381 g/mol. The lowest BCUT2D eigenvalue weighted by Crippen LogP contribution is -2.41. The average Bonchev–Trinajstić information content (AvgIpc) is 3.15. The number of carbonyl (C=O) groups excluding carboxylic acids is 1. The van der Waals surface area contributed by atoms with Crippen molar-refractivity contribution in [2.75, 3.05) is 39.4 Å². The predicted octanol–water partition coefficient (Wildman–Crippen LogP) is 0.970. The molecule has 1 amide bonds. The first-order chi connectivity index (χ1) is 12.5. The standard InChI is InChI=1S/C18H27N3O4S/c22-18(20-16-5-1-2-6-16)15-4-3-7-17(14-15)26(23,24)19-8-9-21-10-12-25-13-11-21/h3-4,7,14,16,19H,1-2,5-6,8-13H2,(H,20,22). The van der Waals surface area contributed by atoms with Gasteiger partial charge in [0.1, 0.15) is 0 Å². The van der Waals surface area contributed by atoms with Crippen molar-refractivity contribution >= 4 is 15.9 Å². The molecular formula is C18H27N3O4S. The van der Waals surface area contributed by atoms with E-state index in [-0.39, 0.29) is 16.8 Å². The van der Waals surface area contributed by atoms with Gasteiger partial charge in [0.25, 0.3) is 5.91 Å². The van der Waals surface area contributed by atoms with Gasteiger partial charge in [-0.25, -0.2) is 13.1 Å². The van der Waals surface area contributed by atoms with E-state index >= 15 is 0 Å². The smallest absolute Gasteiger partial charge is 0.251 e. The van der Waals surface area contributed by atoms with Gasteiger partial charge in [0, 0.05) is 37.8 Å². The maximum absolute atomic E-state index is 12.5. The van der Waals surface area contributed by atoms with Gasteiger partial charge in [-0.2, -0.15) is 0 Å². The Bertz CT molecular complexity index is 711. The van der Waals surface area contributed by atoms with Gasteiger partial charge < -0.3 is 10.1 Å². The summed E-state index contributed by atoms with van der Waals surface area (Å²) >= 11 is 0. The number of benzene rings is 1. The Balaban J connectivity index is 1.57. The molecule has 7 nitrogen and oxygen atoms in total. The second-order valence-electron chi connectivity index (χ2n) is 6.83. The number of morpholine rings is 1. The summed E-state index contributed by atoms with van der Waals surface area (Å²) in [6.45, 7) is 3.98. The number of nitrogens with zero attached hydrogens (tertiary/aromatic N) is 1. The van der Waals surface area contributed by atoms with Crippen molar-refractivity contribution in [3.8, 4) is 0 Å². The van der Waals surface area contributed by atoms with E-state index in [1.165, 1.54) is 12.1 Å². The van der Waals surface area contributed by atoms with Crippen LogP contribution in [0.5, 0.6) is 0 Å². The first-order valence-corrected chi connectivity index (χ1v) is 10.7. The van der Waals surface area contributed by atoms with Crippen molar-refractivity contribution in [2.45, 2.75) is 36.6 Å². The Morgan fingerprint density at radius 2 is 1.92 bits per heavy atom. The van der Waals surface area contributed by atoms with Gasteiger partial charge in [0.15, 0.2) is 0 Å². The molecule has 2 fully saturated rings. The van der Waals surface area contributed by atoms with Crippen molar-refractivity contribution in [1.82, 2.24) is 14.9 Å². The SMILES string of the molecule is O=C(NC1CCCC1)c1cccc(S(=O)(=O)NCCN2CCOCC2)c1. The van der Waals surface area contributed by atoms with E-state index < -0.39 is 10.0 Å². The number of ether oxygens (including phenoxy) is 1. The summed E-state index contributed by atoms with van der Waals surface area (Å²) in [4.78, 5) is 14.6. The van der Waals surface area contributed by atoms with Gasteiger partial charge in [-0.3, -0.25) is 9.69 Å². The number of rotatable bonds is 7. The van der Waals surface area contributed by atoms with E-state index in [1.807, 2.05) is 0 Å². The third-order valence-electron chi connectivity index (χ3n) is 4.92. The molecule has 0 radical (unpaired) electrons. The van der Waals surface area contributed by atoms with Crippen LogP contribution in [0.25, 0.3) is 0 Å². The highest BCUT2D eigenvalue weighted by molar-refractivity contribution is 7.89. The summed E-state index contributed by atoms with van der Waals surface area (Å²) in [5.41, 5.74) is 0.382. The fraction of sp³-hybridized carbons (Fsp3) is 0.611. The molecule has 0 spiro atoms. The van der Waals surface area contributed by atoms with Gasteiger partial charge in [-0.15, -0.1) is 0 Å². The van der Waals surface area contributed by atoms with E-state index in [1.54, 1.807) is 12.1 Å². The highest BCUT2D eigenvalue weighted by Crippen LogP contribution is 2.18. The molecule has 8 heteroatoms. The fourth-order valence-corrected chi connectivity index (χ4v) is 4.46. The number of hydrogen-bond donors (Lipinski definition) is 2. The molecule has 2 N–H and O–H groups in total. The fourth-order valence-electron chi connectivity index (χ4n) is 3.39. The van der Waals surface area contributed by atoms with Crippen molar-refractivity contribution in [2.24, 2.45) is 0 Å². The van der Waals surface area contributed by atoms with Crippen LogP contribution in [0.1, 0.15) is 36.0 Å². The minimum atomic E-state index is -3.63. The van der Waals surface area contributed by atoms with Crippen LogP contribution in [0.3, 0.4) is 0 Å². The molecule has 1 saturated carbocycles. The van der Waals surface area contributed by atoms with Crippen LogP contribution in [0.4, 0.5) is 0 Å². The molecule has 0 bridgehead atoms. The molecule has 1 heterocycles. The van der Waals surface area contributed by atoms with Crippen molar-refractivity contribution < 1.29 is 17.9 Å². The summed E-state index contributed by atoms with van der Waals surface area (Å²) in [5.74, 6) is -0.206. The van der Waals surface area contributed by atoms with Crippen LogP contribution < -0.4 is 10.0 Å². The maximum Gasteiger partial charge on any atom is 0.251 e. The zero-order valence-electron chi connectivity index (χ0n) is 14.9. The molecule has 3 rings (SSSR count). The van der Waals surface area contributed by atoms with Crippen LogP contribution in [0, 0.1) is 0 Å². The van der Waals surface area contributed by atoms with Crippen LogP contribution in [-0.2, 0) is 14.8 Å². The van der Waals surface area contributed by atoms with E-state index in [0.717, 1.165) is 38.8 Å². The molecule has 0 unspecified atom stereocenters. The molecule has 26 heavy (non-hydrogen) atoms. The second kappa shape index (κ2) is 8.94. The van der Waals surface area contributed by atoms with Crippen LogP contribution in [-0.4, -0.2) is 64.7 Å². The Morgan fingerprint density at radius 1 is 1.19 bits per heavy atom. The average molecular weight is 381 g/mol. The zero-order chi connectivity index (χ0) is 18.4. The van der Waals surface area contributed by atoms with Gasteiger partial charge in [-0.05, 0) is 31.0 Å².